The number of carbonyl (C=O) groups excluding carboxylic acids is 2. The molecule has 0 fully saturated rings. The SMILES string of the molecule is C=Cc1ccccc1C=C.NC(=O)C=CCC=CC(N)=O. The number of allylic oxidation sites excluding steroid dienone is 2. The van der Waals surface area contributed by atoms with E-state index in [2.05, 4.69) is 13.2 Å². The number of primary amides is 2. The second kappa shape index (κ2) is 11.0. The van der Waals surface area contributed by atoms with Crippen LogP contribution in [0.4, 0.5) is 0 Å². The molecular formula is C17H20N2O2. The Kier molecular flexibility index (Phi) is 9.48. The van der Waals surface area contributed by atoms with Gasteiger partial charge in [-0.3, -0.25) is 9.59 Å². The quantitative estimate of drug-likeness (QED) is 0.786. The molecule has 0 aliphatic heterocycles. The van der Waals surface area contributed by atoms with Crippen molar-refractivity contribution in [2.75, 3.05) is 0 Å². The van der Waals surface area contributed by atoms with Gasteiger partial charge < -0.3 is 11.5 Å². The summed E-state index contributed by atoms with van der Waals surface area (Å²) in [7, 11) is 0. The molecule has 0 aliphatic carbocycles. The van der Waals surface area contributed by atoms with E-state index in [0.717, 1.165) is 11.1 Å². The Morgan fingerprint density at radius 2 is 1.29 bits per heavy atom. The fraction of sp³-hybridized carbons (Fsp3) is 0.0588. The van der Waals surface area contributed by atoms with Crippen molar-refractivity contribution in [3.05, 3.63) is 72.9 Å². The lowest BCUT2D eigenvalue weighted by Crippen LogP contribution is -2.05. The number of amides is 2. The number of hydrogen-bond donors (Lipinski definition) is 2. The van der Waals surface area contributed by atoms with E-state index in [1.54, 1.807) is 12.2 Å². The summed E-state index contributed by atoms with van der Waals surface area (Å²) < 4.78 is 0. The molecular weight excluding hydrogens is 264 g/mol. The summed E-state index contributed by atoms with van der Waals surface area (Å²) in [5.41, 5.74) is 11.9. The molecule has 0 bridgehead atoms. The predicted molar refractivity (Wildman–Crippen MR) is 87.9 cm³/mol. The molecule has 0 spiro atoms. The first-order valence-corrected chi connectivity index (χ1v) is 6.27. The highest BCUT2D eigenvalue weighted by Gasteiger charge is 1.89. The Balaban J connectivity index is 0.000000382. The topological polar surface area (TPSA) is 86.2 Å². The zero-order valence-corrected chi connectivity index (χ0v) is 11.9. The third-order valence-corrected chi connectivity index (χ3v) is 2.27. The normalized spacial score (nSPS) is 9.90. The Labute approximate surface area is 125 Å². The average Bonchev–Trinajstić information content (AvgIpc) is 2.46. The van der Waals surface area contributed by atoms with E-state index >= 15 is 0 Å². The summed E-state index contributed by atoms with van der Waals surface area (Å²) in [6.45, 7) is 7.38. The molecule has 0 aliphatic rings. The minimum atomic E-state index is -0.502. The van der Waals surface area contributed by atoms with Gasteiger partial charge in [-0.2, -0.15) is 0 Å². The largest absolute Gasteiger partial charge is 0.366 e. The molecule has 1 rings (SSSR count). The zero-order chi connectivity index (χ0) is 16.1. The molecule has 1 aromatic carbocycles. The number of benzene rings is 1. The summed E-state index contributed by atoms with van der Waals surface area (Å²) in [6.07, 6.45) is 9.68. The van der Waals surface area contributed by atoms with Crippen molar-refractivity contribution in [1.29, 1.82) is 0 Å². The molecule has 0 saturated carbocycles. The Morgan fingerprint density at radius 3 is 1.57 bits per heavy atom. The van der Waals surface area contributed by atoms with Crippen molar-refractivity contribution in [1.82, 2.24) is 0 Å². The second-order valence-corrected chi connectivity index (χ2v) is 3.88. The number of rotatable bonds is 6. The van der Waals surface area contributed by atoms with Crippen molar-refractivity contribution in [3.8, 4) is 0 Å². The van der Waals surface area contributed by atoms with Gasteiger partial charge in [0.25, 0.3) is 0 Å². The summed E-state index contributed by atoms with van der Waals surface area (Å²) in [4.78, 5) is 20.2. The average molecular weight is 284 g/mol. The molecule has 21 heavy (non-hydrogen) atoms. The van der Waals surface area contributed by atoms with Crippen LogP contribution >= 0.6 is 0 Å². The first kappa shape index (κ1) is 18.1. The lowest BCUT2D eigenvalue weighted by molar-refractivity contribution is -0.114. The van der Waals surface area contributed by atoms with Crippen LogP contribution in [0.3, 0.4) is 0 Å². The Morgan fingerprint density at radius 1 is 0.905 bits per heavy atom. The summed E-state index contributed by atoms with van der Waals surface area (Å²) >= 11 is 0. The van der Waals surface area contributed by atoms with Crippen LogP contribution in [0, 0.1) is 0 Å². The van der Waals surface area contributed by atoms with Crippen LogP contribution in [-0.4, -0.2) is 11.8 Å². The van der Waals surface area contributed by atoms with Gasteiger partial charge in [-0.05, 0) is 29.7 Å². The minimum Gasteiger partial charge on any atom is -0.366 e. The summed E-state index contributed by atoms with van der Waals surface area (Å²) in [5.74, 6) is -1.00. The van der Waals surface area contributed by atoms with E-state index in [-0.39, 0.29) is 0 Å². The monoisotopic (exact) mass is 284 g/mol. The maximum absolute atomic E-state index is 10.1. The molecule has 110 valence electrons. The molecule has 4 heteroatoms. The number of nitrogens with two attached hydrogens (primary N) is 2. The standard InChI is InChI=1S/C10H10.C7H10N2O2/c1-3-9-7-5-6-8-10(9)4-2;8-6(10)4-2-1-3-5-7(9)11/h3-8H,1-2H2;2-5H,1H2,(H2,8,10)(H2,9,11). The van der Waals surface area contributed by atoms with Gasteiger partial charge in [-0.15, -0.1) is 0 Å². The van der Waals surface area contributed by atoms with Gasteiger partial charge in [0.1, 0.15) is 0 Å². The number of carbonyl (C=O) groups is 2. The number of hydrogen-bond acceptors (Lipinski definition) is 2. The van der Waals surface area contributed by atoms with E-state index in [9.17, 15) is 9.59 Å². The molecule has 2 amide bonds. The fourth-order valence-corrected chi connectivity index (χ4v) is 1.33. The zero-order valence-electron chi connectivity index (χ0n) is 11.9. The van der Waals surface area contributed by atoms with Crippen molar-refractivity contribution in [2.24, 2.45) is 11.5 Å². The van der Waals surface area contributed by atoms with E-state index < -0.39 is 11.8 Å². The van der Waals surface area contributed by atoms with Gasteiger partial charge in [0.15, 0.2) is 0 Å². The fourth-order valence-electron chi connectivity index (χ4n) is 1.33. The van der Waals surface area contributed by atoms with E-state index in [1.807, 2.05) is 36.4 Å². The lowest BCUT2D eigenvalue weighted by atomic mass is 10.1. The summed E-state index contributed by atoms with van der Waals surface area (Å²) in [5, 5.41) is 0. The minimum absolute atomic E-state index is 0.478. The smallest absolute Gasteiger partial charge is 0.241 e. The van der Waals surface area contributed by atoms with Crippen LogP contribution in [0.2, 0.25) is 0 Å². The van der Waals surface area contributed by atoms with Crippen LogP contribution in [0.25, 0.3) is 12.2 Å². The third kappa shape index (κ3) is 9.67. The van der Waals surface area contributed by atoms with Gasteiger partial charge >= 0.3 is 0 Å². The maximum atomic E-state index is 10.1. The second-order valence-electron chi connectivity index (χ2n) is 3.88. The van der Waals surface area contributed by atoms with Crippen molar-refractivity contribution in [2.45, 2.75) is 6.42 Å². The van der Waals surface area contributed by atoms with E-state index in [4.69, 9.17) is 11.5 Å². The van der Waals surface area contributed by atoms with Gasteiger partial charge in [0.2, 0.25) is 11.8 Å². The maximum Gasteiger partial charge on any atom is 0.241 e. The molecule has 0 aromatic heterocycles. The molecule has 0 heterocycles. The van der Waals surface area contributed by atoms with E-state index in [0.29, 0.717) is 6.42 Å². The first-order chi connectivity index (χ1) is 10.0. The van der Waals surface area contributed by atoms with Crippen LogP contribution < -0.4 is 11.5 Å². The Bertz CT molecular complexity index is 509. The highest BCUT2D eigenvalue weighted by Crippen LogP contribution is 2.10. The highest BCUT2D eigenvalue weighted by molar-refractivity contribution is 5.86. The van der Waals surface area contributed by atoms with Gasteiger partial charge in [0.05, 0.1) is 0 Å². The van der Waals surface area contributed by atoms with Crippen LogP contribution in [0.1, 0.15) is 17.5 Å². The molecule has 0 unspecified atom stereocenters. The molecule has 1 aromatic rings. The first-order valence-electron chi connectivity index (χ1n) is 6.27. The molecule has 4 N–H and O–H groups in total. The highest BCUT2D eigenvalue weighted by atomic mass is 16.1. The van der Waals surface area contributed by atoms with Crippen LogP contribution in [0.5, 0.6) is 0 Å². The molecule has 0 atom stereocenters. The molecule has 0 saturated heterocycles. The third-order valence-electron chi connectivity index (χ3n) is 2.27. The van der Waals surface area contributed by atoms with Gasteiger partial charge in [-0.25, -0.2) is 0 Å². The van der Waals surface area contributed by atoms with Crippen molar-refractivity contribution >= 4 is 24.0 Å². The van der Waals surface area contributed by atoms with Crippen molar-refractivity contribution in [3.63, 3.8) is 0 Å². The van der Waals surface area contributed by atoms with Gasteiger partial charge in [0, 0.05) is 0 Å². The van der Waals surface area contributed by atoms with Crippen LogP contribution in [-0.2, 0) is 9.59 Å². The van der Waals surface area contributed by atoms with Crippen LogP contribution in [0.15, 0.2) is 61.7 Å². The lowest BCUT2D eigenvalue weighted by Gasteiger charge is -1.96. The summed E-state index contributed by atoms with van der Waals surface area (Å²) in [6, 6.07) is 8.02. The van der Waals surface area contributed by atoms with Crippen molar-refractivity contribution < 1.29 is 9.59 Å². The molecule has 0 radical (unpaired) electrons. The Hall–Kier alpha value is -2.88. The van der Waals surface area contributed by atoms with Gasteiger partial charge in [-0.1, -0.05) is 61.7 Å². The molecule has 4 nitrogen and oxygen atoms in total. The predicted octanol–water partition coefficient (Wildman–Crippen LogP) is 2.43. The van der Waals surface area contributed by atoms with E-state index in [1.165, 1.54) is 12.2 Å².